The molecule has 3 aromatic rings. The zero-order valence-corrected chi connectivity index (χ0v) is 16.6. The van der Waals surface area contributed by atoms with Crippen LogP contribution in [0.4, 0.5) is 10.2 Å². The second kappa shape index (κ2) is 7.02. The van der Waals surface area contributed by atoms with Crippen molar-refractivity contribution in [3.05, 3.63) is 53.4 Å². The highest BCUT2D eigenvalue weighted by Crippen LogP contribution is 2.57. The summed E-state index contributed by atoms with van der Waals surface area (Å²) in [5.41, 5.74) is 8.04. The third-order valence-corrected chi connectivity index (χ3v) is 6.15. The maximum Gasteiger partial charge on any atom is 0.341 e. The number of halogens is 1. The molecule has 0 aromatic carbocycles. The van der Waals surface area contributed by atoms with Gasteiger partial charge in [0.05, 0.1) is 18.4 Å². The standard InChI is InChI=1S/C21H23FN6O2/c1-11(23)2-3-17-15(7-13(22)8-24-17)19-14-6-12(14)10-27(19)18-4-5-28-20(26-18)16(9-25-28)21(29)30/h4-5,7-9,11-12,14,19H,2-3,6,10,23H2,1H3,(H,29,30)/t11-,12?,14?,19?/m1/s1. The van der Waals surface area contributed by atoms with Gasteiger partial charge in [-0.3, -0.25) is 4.98 Å². The number of aromatic carboxylic acids is 1. The number of hydrogen-bond donors (Lipinski definition) is 2. The van der Waals surface area contributed by atoms with Gasteiger partial charge in [-0.2, -0.15) is 5.10 Å². The normalized spacial score (nSPS) is 23.6. The number of carboxylic acids is 1. The van der Waals surface area contributed by atoms with Gasteiger partial charge in [0.15, 0.2) is 5.65 Å². The van der Waals surface area contributed by atoms with Crippen LogP contribution in [0.5, 0.6) is 0 Å². The van der Waals surface area contributed by atoms with Gasteiger partial charge < -0.3 is 15.7 Å². The van der Waals surface area contributed by atoms with Crippen molar-refractivity contribution in [2.45, 2.75) is 38.3 Å². The smallest absolute Gasteiger partial charge is 0.341 e. The SMILES string of the molecule is C[C@@H](N)CCc1ncc(F)cc1C1C2CC2CN1c1ccn2ncc(C(=O)O)c2n1. The maximum atomic E-state index is 14.2. The summed E-state index contributed by atoms with van der Waals surface area (Å²) in [6.45, 7) is 2.75. The number of anilines is 1. The van der Waals surface area contributed by atoms with E-state index in [9.17, 15) is 14.3 Å². The van der Waals surface area contributed by atoms with E-state index >= 15 is 0 Å². The fourth-order valence-corrected chi connectivity index (χ4v) is 4.58. The average molecular weight is 410 g/mol. The number of aromatic nitrogens is 4. The predicted molar refractivity (Wildman–Crippen MR) is 108 cm³/mol. The number of aryl methyl sites for hydroxylation is 1. The number of nitrogens with zero attached hydrogens (tertiary/aromatic N) is 5. The van der Waals surface area contributed by atoms with Crippen LogP contribution in [-0.4, -0.2) is 43.2 Å². The predicted octanol–water partition coefficient (Wildman–Crippen LogP) is 2.44. The van der Waals surface area contributed by atoms with E-state index in [0.717, 1.165) is 30.6 Å². The minimum Gasteiger partial charge on any atom is -0.477 e. The highest BCUT2D eigenvalue weighted by Gasteiger charge is 2.54. The Hall–Kier alpha value is -3.07. The Balaban J connectivity index is 1.55. The molecule has 3 N–H and O–H groups in total. The minimum absolute atomic E-state index is 0.0348. The van der Waals surface area contributed by atoms with Gasteiger partial charge in [-0.05, 0) is 55.7 Å². The summed E-state index contributed by atoms with van der Waals surface area (Å²) in [7, 11) is 0. The molecular weight excluding hydrogens is 387 g/mol. The van der Waals surface area contributed by atoms with Crippen molar-refractivity contribution < 1.29 is 14.3 Å². The molecule has 4 atom stereocenters. The molecule has 2 fully saturated rings. The molecule has 9 heteroatoms. The van der Waals surface area contributed by atoms with Gasteiger partial charge in [0, 0.05) is 24.5 Å². The van der Waals surface area contributed by atoms with Gasteiger partial charge in [-0.15, -0.1) is 0 Å². The van der Waals surface area contributed by atoms with Gasteiger partial charge in [0.1, 0.15) is 17.2 Å². The Kier molecular flexibility index (Phi) is 4.43. The summed E-state index contributed by atoms with van der Waals surface area (Å²) in [6, 6.07) is 3.42. The molecule has 8 nitrogen and oxygen atoms in total. The van der Waals surface area contributed by atoms with Gasteiger partial charge >= 0.3 is 5.97 Å². The van der Waals surface area contributed by atoms with E-state index in [0.29, 0.717) is 29.7 Å². The number of hydrogen-bond acceptors (Lipinski definition) is 6. The van der Waals surface area contributed by atoms with E-state index < -0.39 is 5.97 Å². The molecule has 1 saturated heterocycles. The van der Waals surface area contributed by atoms with Crippen LogP contribution in [0.2, 0.25) is 0 Å². The zero-order chi connectivity index (χ0) is 21.0. The van der Waals surface area contributed by atoms with Gasteiger partial charge in [0.25, 0.3) is 0 Å². The first-order valence-corrected chi connectivity index (χ1v) is 10.2. The number of rotatable bonds is 6. The van der Waals surface area contributed by atoms with Crippen LogP contribution in [-0.2, 0) is 6.42 Å². The van der Waals surface area contributed by atoms with E-state index in [-0.39, 0.29) is 23.5 Å². The topological polar surface area (TPSA) is 110 Å². The largest absolute Gasteiger partial charge is 0.477 e. The fourth-order valence-electron chi connectivity index (χ4n) is 4.58. The summed E-state index contributed by atoms with van der Waals surface area (Å²) >= 11 is 0. The minimum atomic E-state index is -1.07. The van der Waals surface area contributed by atoms with Crippen molar-refractivity contribution in [2.75, 3.05) is 11.4 Å². The molecule has 2 aliphatic rings. The van der Waals surface area contributed by atoms with Crippen LogP contribution in [0.15, 0.2) is 30.7 Å². The molecule has 3 unspecified atom stereocenters. The number of carboxylic acid groups (broad SMARTS) is 1. The monoisotopic (exact) mass is 410 g/mol. The zero-order valence-electron chi connectivity index (χ0n) is 16.6. The van der Waals surface area contributed by atoms with Gasteiger partial charge in [0.2, 0.25) is 0 Å². The van der Waals surface area contributed by atoms with Crippen LogP contribution >= 0.6 is 0 Å². The van der Waals surface area contributed by atoms with E-state index in [4.69, 9.17) is 5.73 Å². The Morgan fingerprint density at radius 3 is 3.03 bits per heavy atom. The lowest BCUT2D eigenvalue weighted by Crippen LogP contribution is -2.29. The molecular formula is C21H23FN6O2. The number of fused-ring (bicyclic) bond motifs is 2. The second-order valence-corrected chi connectivity index (χ2v) is 8.38. The maximum absolute atomic E-state index is 14.2. The Morgan fingerprint density at radius 1 is 1.43 bits per heavy atom. The first-order valence-electron chi connectivity index (χ1n) is 10.2. The summed E-state index contributed by atoms with van der Waals surface area (Å²) < 4.78 is 15.6. The molecule has 156 valence electrons. The number of piperidine rings is 1. The molecule has 1 saturated carbocycles. The van der Waals surface area contributed by atoms with Crippen molar-refractivity contribution in [1.82, 2.24) is 19.6 Å². The summed E-state index contributed by atoms with van der Waals surface area (Å²) in [4.78, 5) is 22.6. The van der Waals surface area contributed by atoms with Crippen LogP contribution < -0.4 is 10.6 Å². The van der Waals surface area contributed by atoms with Crippen LogP contribution in [0.25, 0.3) is 5.65 Å². The highest BCUT2D eigenvalue weighted by atomic mass is 19.1. The third kappa shape index (κ3) is 3.19. The molecule has 0 radical (unpaired) electrons. The van der Waals surface area contributed by atoms with E-state index in [2.05, 4.69) is 20.0 Å². The third-order valence-electron chi connectivity index (χ3n) is 6.15. The van der Waals surface area contributed by atoms with Gasteiger partial charge in [-0.1, -0.05) is 0 Å². The lowest BCUT2D eigenvalue weighted by molar-refractivity contribution is 0.0698. The van der Waals surface area contributed by atoms with Crippen LogP contribution in [0.1, 0.15) is 47.4 Å². The number of pyridine rings is 1. The lowest BCUT2D eigenvalue weighted by Gasteiger charge is -2.30. The molecule has 1 aliphatic carbocycles. The van der Waals surface area contributed by atoms with E-state index in [1.807, 2.05) is 13.0 Å². The highest BCUT2D eigenvalue weighted by molar-refractivity contribution is 5.94. The molecule has 0 bridgehead atoms. The molecule has 3 aromatic heterocycles. The van der Waals surface area contributed by atoms with Crippen molar-refractivity contribution >= 4 is 17.4 Å². The first-order chi connectivity index (χ1) is 14.4. The average Bonchev–Trinajstić information content (AvgIpc) is 3.18. The molecule has 1 aliphatic heterocycles. The molecule has 5 rings (SSSR count). The number of nitrogens with two attached hydrogens (primary N) is 1. The molecule has 0 spiro atoms. The van der Waals surface area contributed by atoms with E-state index in [1.165, 1.54) is 16.9 Å². The Labute approximate surface area is 172 Å². The Bertz CT molecular complexity index is 1130. The van der Waals surface area contributed by atoms with Crippen LogP contribution in [0, 0.1) is 17.7 Å². The molecule has 30 heavy (non-hydrogen) atoms. The Morgan fingerprint density at radius 2 is 2.27 bits per heavy atom. The summed E-state index contributed by atoms with van der Waals surface area (Å²) in [5.74, 6) is 0.199. The first kappa shape index (κ1) is 18.9. The lowest BCUT2D eigenvalue weighted by atomic mass is 9.97. The van der Waals surface area contributed by atoms with E-state index in [1.54, 1.807) is 12.3 Å². The molecule has 4 heterocycles. The summed E-state index contributed by atoms with van der Waals surface area (Å²) in [6.07, 6.45) is 6.84. The van der Waals surface area contributed by atoms with Crippen molar-refractivity contribution in [1.29, 1.82) is 0 Å². The van der Waals surface area contributed by atoms with Crippen molar-refractivity contribution in [2.24, 2.45) is 17.6 Å². The van der Waals surface area contributed by atoms with Gasteiger partial charge in [-0.25, -0.2) is 18.7 Å². The second-order valence-electron chi connectivity index (χ2n) is 8.38. The quantitative estimate of drug-likeness (QED) is 0.642. The fraction of sp³-hybridized carbons (Fsp3) is 0.429. The summed E-state index contributed by atoms with van der Waals surface area (Å²) in [5, 5.41) is 13.5. The molecule has 0 amide bonds. The van der Waals surface area contributed by atoms with Crippen molar-refractivity contribution in [3.63, 3.8) is 0 Å². The van der Waals surface area contributed by atoms with Crippen LogP contribution in [0.3, 0.4) is 0 Å². The number of carbonyl (C=O) groups is 1. The van der Waals surface area contributed by atoms with Crippen molar-refractivity contribution in [3.8, 4) is 0 Å².